The van der Waals surface area contributed by atoms with E-state index in [1.54, 1.807) is 0 Å². The summed E-state index contributed by atoms with van der Waals surface area (Å²) >= 11 is 0. The average molecular weight is 607 g/mol. The van der Waals surface area contributed by atoms with Crippen LogP contribution in [0.4, 0.5) is 0 Å². The van der Waals surface area contributed by atoms with E-state index >= 15 is 0 Å². The van der Waals surface area contributed by atoms with Crippen molar-refractivity contribution < 1.29 is 0 Å². The first-order valence-corrected chi connectivity index (χ1v) is 16.5. The molecule has 0 saturated heterocycles. The normalized spacial score (nSPS) is 14.1. The summed E-state index contributed by atoms with van der Waals surface area (Å²) in [5.41, 5.74) is 19.1. The molecular weight excluding hydrogens is 569 g/mol. The summed E-state index contributed by atoms with van der Waals surface area (Å²) in [4.78, 5) is 0. The lowest BCUT2D eigenvalue weighted by molar-refractivity contribution is 0.659. The minimum absolute atomic E-state index is 0.127. The Morgan fingerprint density at radius 1 is 0.617 bits per heavy atom. The quantitative estimate of drug-likeness (QED) is 0.177. The number of hydrogen-bond acceptors (Lipinski definition) is 2. The Morgan fingerprint density at radius 2 is 1.26 bits per heavy atom. The summed E-state index contributed by atoms with van der Waals surface area (Å²) in [6.45, 7) is 4.70. The SMILES string of the molecule is CC1(C)c2cc3ccccc3cc2-c2c(/C(=C/Cc3ccccc3-c3cccc4ccccc34)NC(N)c3ccccc3)cccc21. The summed E-state index contributed by atoms with van der Waals surface area (Å²) in [5, 5.41) is 8.82. The van der Waals surface area contributed by atoms with Crippen molar-refractivity contribution in [3.05, 3.63) is 186 Å². The maximum atomic E-state index is 6.90. The van der Waals surface area contributed by atoms with Crippen molar-refractivity contribution in [1.29, 1.82) is 0 Å². The second-order valence-electron chi connectivity index (χ2n) is 13.1. The first-order chi connectivity index (χ1) is 23.0. The Bertz CT molecular complexity index is 2290. The van der Waals surface area contributed by atoms with Crippen molar-refractivity contribution in [1.82, 2.24) is 5.32 Å². The van der Waals surface area contributed by atoms with Crippen molar-refractivity contribution in [2.45, 2.75) is 31.8 Å². The van der Waals surface area contributed by atoms with Gasteiger partial charge in [-0.15, -0.1) is 0 Å². The van der Waals surface area contributed by atoms with E-state index < -0.39 is 0 Å². The first kappa shape index (κ1) is 29.0. The third-order valence-corrected chi connectivity index (χ3v) is 9.95. The number of nitrogens with two attached hydrogens (primary N) is 1. The fourth-order valence-electron chi connectivity index (χ4n) is 7.49. The van der Waals surface area contributed by atoms with E-state index in [-0.39, 0.29) is 11.6 Å². The molecular formula is C45H38N2. The third-order valence-electron chi connectivity index (χ3n) is 9.95. The molecule has 0 spiro atoms. The van der Waals surface area contributed by atoms with Gasteiger partial charge in [0, 0.05) is 16.7 Å². The van der Waals surface area contributed by atoms with E-state index in [9.17, 15) is 0 Å². The Hall–Kier alpha value is -5.44. The van der Waals surface area contributed by atoms with Crippen LogP contribution in [0.5, 0.6) is 0 Å². The summed E-state index contributed by atoms with van der Waals surface area (Å²) < 4.78 is 0. The molecule has 7 aromatic carbocycles. The van der Waals surface area contributed by atoms with Gasteiger partial charge in [0.15, 0.2) is 0 Å². The molecule has 0 fully saturated rings. The molecule has 3 N–H and O–H groups in total. The monoisotopic (exact) mass is 606 g/mol. The minimum Gasteiger partial charge on any atom is -0.366 e. The maximum absolute atomic E-state index is 6.90. The van der Waals surface area contributed by atoms with E-state index in [1.807, 2.05) is 18.2 Å². The van der Waals surface area contributed by atoms with Gasteiger partial charge in [0.2, 0.25) is 0 Å². The van der Waals surface area contributed by atoms with Crippen LogP contribution in [0.15, 0.2) is 158 Å². The van der Waals surface area contributed by atoms with Gasteiger partial charge in [0.05, 0.1) is 0 Å². The zero-order valence-electron chi connectivity index (χ0n) is 26.9. The molecule has 1 unspecified atom stereocenters. The van der Waals surface area contributed by atoms with Crippen LogP contribution in [0.3, 0.4) is 0 Å². The minimum atomic E-state index is -0.364. The molecule has 0 radical (unpaired) electrons. The van der Waals surface area contributed by atoms with Crippen molar-refractivity contribution in [3.8, 4) is 22.3 Å². The highest BCUT2D eigenvalue weighted by Gasteiger charge is 2.37. The predicted molar refractivity (Wildman–Crippen MR) is 199 cm³/mol. The van der Waals surface area contributed by atoms with E-state index in [2.05, 4.69) is 159 Å². The van der Waals surface area contributed by atoms with Crippen LogP contribution >= 0.6 is 0 Å². The Labute approximate surface area is 277 Å². The highest BCUT2D eigenvalue weighted by molar-refractivity contribution is 5.98. The molecule has 1 atom stereocenters. The summed E-state index contributed by atoms with van der Waals surface area (Å²) in [6.07, 6.45) is 2.73. The van der Waals surface area contributed by atoms with Gasteiger partial charge >= 0.3 is 0 Å². The van der Waals surface area contributed by atoms with Crippen LogP contribution in [0, 0.1) is 0 Å². The van der Waals surface area contributed by atoms with Gasteiger partial charge in [-0.3, -0.25) is 0 Å². The number of allylic oxidation sites excluding steroid dienone is 1. The number of rotatable bonds is 7. The fraction of sp³-hybridized carbons (Fsp3) is 0.111. The third kappa shape index (κ3) is 5.12. The van der Waals surface area contributed by atoms with E-state index in [0.717, 1.165) is 17.7 Å². The fourth-order valence-corrected chi connectivity index (χ4v) is 7.49. The topological polar surface area (TPSA) is 38.0 Å². The van der Waals surface area contributed by atoms with Crippen LogP contribution in [0.25, 0.3) is 49.5 Å². The highest BCUT2D eigenvalue weighted by atomic mass is 15.0. The second kappa shape index (κ2) is 11.7. The summed E-state index contributed by atoms with van der Waals surface area (Å²) in [5.74, 6) is 0. The Balaban J connectivity index is 1.28. The molecule has 0 amide bonds. The van der Waals surface area contributed by atoms with Crippen LogP contribution < -0.4 is 11.1 Å². The van der Waals surface area contributed by atoms with Crippen molar-refractivity contribution in [3.63, 3.8) is 0 Å². The standard InChI is InChI=1S/C45H38N2/c1-45(2)40-25-13-24-38(43(40)39-28-33-18-6-7-19-34(33)29-41(39)45)42(47-44(46)32-16-4-3-5-17-32)27-26-31-15-9-11-22-36(31)37-23-12-20-30-14-8-10-21-35(30)37/h3-25,27-29,44,47H,26,46H2,1-2H3/b42-27-. The molecule has 1 aliphatic carbocycles. The average Bonchev–Trinajstić information content (AvgIpc) is 3.34. The van der Waals surface area contributed by atoms with Gasteiger partial charge in [-0.2, -0.15) is 0 Å². The predicted octanol–water partition coefficient (Wildman–Crippen LogP) is 10.8. The summed E-state index contributed by atoms with van der Waals surface area (Å²) in [6, 6.07) is 54.5. The zero-order chi connectivity index (χ0) is 32.0. The lowest BCUT2D eigenvalue weighted by atomic mass is 9.81. The maximum Gasteiger partial charge on any atom is 0.101 e. The Morgan fingerprint density at radius 3 is 2.09 bits per heavy atom. The number of benzene rings is 7. The van der Waals surface area contributed by atoms with Gasteiger partial charge in [0.1, 0.15) is 6.17 Å². The van der Waals surface area contributed by atoms with Gasteiger partial charge in [0.25, 0.3) is 0 Å². The summed E-state index contributed by atoms with van der Waals surface area (Å²) in [7, 11) is 0. The molecule has 8 rings (SSSR count). The van der Waals surface area contributed by atoms with Crippen LogP contribution in [0.2, 0.25) is 0 Å². The van der Waals surface area contributed by atoms with Crippen molar-refractivity contribution >= 4 is 27.2 Å². The van der Waals surface area contributed by atoms with Gasteiger partial charge in [-0.05, 0) is 84.6 Å². The van der Waals surface area contributed by atoms with Crippen LogP contribution in [0.1, 0.15) is 47.8 Å². The number of hydrogen-bond donors (Lipinski definition) is 2. The lowest BCUT2D eigenvalue weighted by Crippen LogP contribution is -2.28. The smallest absolute Gasteiger partial charge is 0.101 e. The molecule has 7 aromatic rings. The molecule has 47 heavy (non-hydrogen) atoms. The highest BCUT2D eigenvalue weighted by Crippen LogP contribution is 2.52. The van der Waals surface area contributed by atoms with E-state index in [0.29, 0.717) is 0 Å². The van der Waals surface area contributed by atoms with E-state index in [1.165, 1.54) is 66.1 Å². The van der Waals surface area contributed by atoms with Crippen LogP contribution in [-0.2, 0) is 11.8 Å². The van der Waals surface area contributed by atoms with Crippen molar-refractivity contribution in [2.75, 3.05) is 0 Å². The molecule has 0 aliphatic heterocycles. The molecule has 0 heterocycles. The molecule has 0 bridgehead atoms. The molecule has 2 nitrogen and oxygen atoms in total. The number of nitrogens with one attached hydrogen (secondary N) is 1. The molecule has 0 saturated carbocycles. The largest absolute Gasteiger partial charge is 0.366 e. The van der Waals surface area contributed by atoms with Gasteiger partial charge < -0.3 is 11.1 Å². The lowest BCUT2D eigenvalue weighted by Gasteiger charge is -2.23. The first-order valence-electron chi connectivity index (χ1n) is 16.5. The van der Waals surface area contributed by atoms with E-state index in [4.69, 9.17) is 5.73 Å². The van der Waals surface area contributed by atoms with Crippen molar-refractivity contribution in [2.24, 2.45) is 5.73 Å². The van der Waals surface area contributed by atoms with Gasteiger partial charge in [-0.25, -0.2) is 0 Å². The zero-order valence-corrected chi connectivity index (χ0v) is 26.9. The molecule has 0 aromatic heterocycles. The van der Waals surface area contributed by atoms with Crippen LogP contribution in [-0.4, -0.2) is 0 Å². The second-order valence-corrected chi connectivity index (χ2v) is 13.1. The molecule has 228 valence electrons. The number of fused-ring (bicyclic) bond motifs is 5. The Kier molecular flexibility index (Phi) is 7.24. The van der Waals surface area contributed by atoms with Gasteiger partial charge in [-0.1, -0.05) is 159 Å². The molecule has 2 heteroatoms. The molecule has 1 aliphatic rings.